The van der Waals surface area contributed by atoms with Crippen molar-refractivity contribution in [2.75, 3.05) is 26.3 Å². The van der Waals surface area contributed by atoms with Gasteiger partial charge in [-0.3, -0.25) is 9.69 Å². The number of halogens is 1. The van der Waals surface area contributed by atoms with E-state index in [0.717, 1.165) is 51.3 Å². The molecule has 1 aliphatic heterocycles. The predicted octanol–water partition coefficient (Wildman–Crippen LogP) is 1.68. The van der Waals surface area contributed by atoms with Crippen molar-refractivity contribution >= 4 is 18.3 Å². The van der Waals surface area contributed by atoms with E-state index in [1.165, 1.54) is 5.56 Å². The van der Waals surface area contributed by atoms with Crippen LogP contribution in [0.4, 0.5) is 0 Å². The zero-order valence-electron chi connectivity index (χ0n) is 13.8. The van der Waals surface area contributed by atoms with Gasteiger partial charge in [-0.25, -0.2) is 0 Å². The molecule has 130 valence electrons. The van der Waals surface area contributed by atoms with Gasteiger partial charge in [-0.05, 0) is 17.5 Å². The first-order valence-corrected chi connectivity index (χ1v) is 8.10. The average Bonchev–Trinajstić information content (AvgIpc) is 2.54. The highest BCUT2D eigenvalue weighted by atomic mass is 35.5. The number of hydrogen-bond donors (Lipinski definition) is 2. The average molecular weight is 342 g/mol. The molecule has 1 saturated heterocycles. The van der Waals surface area contributed by atoms with Crippen molar-refractivity contribution < 1.29 is 9.53 Å². The summed E-state index contributed by atoms with van der Waals surface area (Å²) in [5.74, 6) is -0.0690. The minimum atomic E-state index is -0.401. The maximum absolute atomic E-state index is 11.8. The quantitative estimate of drug-likeness (QED) is 0.792. The Morgan fingerprint density at radius 3 is 2.74 bits per heavy atom. The van der Waals surface area contributed by atoms with Crippen LogP contribution in [0.15, 0.2) is 24.3 Å². The first-order valence-electron chi connectivity index (χ1n) is 8.10. The molecule has 6 heteroatoms. The zero-order valence-corrected chi connectivity index (χ0v) is 14.6. The topological polar surface area (TPSA) is 67.6 Å². The number of carbonyl (C=O) groups is 1. The van der Waals surface area contributed by atoms with Crippen LogP contribution >= 0.6 is 12.4 Å². The molecule has 0 spiro atoms. The number of morpholine rings is 1. The number of nitrogens with two attached hydrogens (primary N) is 1. The van der Waals surface area contributed by atoms with E-state index in [1.54, 1.807) is 0 Å². The van der Waals surface area contributed by atoms with Crippen molar-refractivity contribution in [3.63, 3.8) is 0 Å². The highest BCUT2D eigenvalue weighted by Gasteiger charge is 2.12. The number of ether oxygens (including phenoxy) is 1. The molecule has 1 atom stereocenters. The smallest absolute Gasteiger partial charge is 0.237 e. The van der Waals surface area contributed by atoms with Crippen molar-refractivity contribution in [1.82, 2.24) is 10.2 Å². The van der Waals surface area contributed by atoms with Gasteiger partial charge in [-0.15, -0.1) is 12.4 Å². The summed E-state index contributed by atoms with van der Waals surface area (Å²) in [5, 5.41) is 2.92. The van der Waals surface area contributed by atoms with Crippen LogP contribution in [0.25, 0.3) is 0 Å². The van der Waals surface area contributed by atoms with Gasteiger partial charge in [0.05, 0.1) is 19.3 Å². The molecule has 1 fully saturated rings. The third-order valence-electron chi connectivity index (χ3n) is 3.90. The van der Waals surface area contributed by atoms with E-state index in [4.69, 9.17) is 10.5 Å². The molecule has 5 nitrogen and oxygen atoms in total. The summed E-state index contributed by atoms with van der Waals surface area (Å²) in [6.45, 7) is 7.08. The number of nitrogens with zero attached hydrogens (tertiary/aromatic N) is 1. The number of benzene rings is 1. The lowest BCUT2D eigenvalue weighted by molar-refractivity contribution is -0.122. The van der Waals surface area contributed by atoms with Gasteiger partial charge in [-0.1, -0.05) is 37.6 Å². The number of carbonyl (C=O) groups excluding carboxylic acids is 1. The van der Waals surface area contributed by atoms with E-state index in [1.807, 2.05) is 19.1 Å². The third-order valence-corrected chi connectivity index (χ3v) is 3.90. The standard InChI is InChI=1S/C17H27N3O2.ClH/c1-2-4-16(18)17(21)19-12-14-5-3-6-15(11-14)13-20-7-9-22-10-8-20;/h3,5-6,11,16H,2,4,7-10,12-13,18H2,1H3,(H,19,21);1H. The van der Waals surface area contributed by atoms with Crippen LogP contribution in [0.5, 0.6) is 0 Å². The van der Waals surface area contributed by atoms with Crippen molar-refractivity contribution in [1.29, 1.82) is 0 Å². The Hall–Kier alpha value is -1.14. The van der Waals surface area contributed by atoms with Crippen molar-refractivity contribution in [2.45, 2.75) is 38.9 Å². The number of rotatable bonds is 7. The van der Waals surface area contributed by atoms with Crippen LogP contribution in [-0.4, -0.2) is 43.2 Å². The number of nitrogens with one attached hydrogen (secondary N) is 1. The van der Waals surface area contributed by atoms with Crippen LogP contribution in [0, 0.1) is 0 Å². The van der Waals surface area contributed by atoms with Crippen LogP contribution in [0.3, 0.4) is 0 Å². The summed E-state index contributed by atoms with van der Waals surface area (Å²) in [7, 11) is 0. The maximum atomic E-state index is 11.8. The predicted molar refractivity (Wildman–Crippen MR) is 94.5 cm³/mol. The molecule has 3 N–H and O–H groups in total. The van der Waals surface area contributed by atoms with Gasteiger partial charge < -0.3 is 15.8 Å². The Morgan fingerprint density at radius 2 is 2.04 bits per heavy atom. The highest BCUT2D eigenvalue weighted by molar-refractivity contribution is 5.85. The first-order chi connectivity index (χ1) is 10.7. The summed E-state index contributed by atoms with van der Waals surface area (Å²) < 4.78 is 5.37. The van der Waals surface area contributed by atoms with E-state index < -0.39 is 6.04 Å². The zero-order chi connectivity index (χ0) is 15.8. The molecule has 0 saturated carbocycles. The molecule has 2 rings (SSSR count). The van der Waals surface area contributed by atoms with Gasteiger partial charge in [0.2, 0.25) is 5.91 Å². The Balaban J connectivity index is 0.00000264. The summed E-state index contributed by atoms with van der Waals surface area (Å²) in [4.78, 5) is 14.2. The first kappa shape index (κ1) is 19.9. The lowest BCUT2D eigenvalue weighted by atomic mass is 10.1. The lowest BCUT2D eigenvalue weighted by Crippen LogP contribution is -2.40. The molecule has 1 aliphatic rings. The van der Waals surface area contributed by atoms with E-state index >= 15 is 0 Å². The minimum Gasteiger partial charge on any atom is -0.379 e. The Morgan fingerprint density at radius 1 is 1.35 bits per heavy atom. The van der Waals surface area contributed by atoms with Crippen LogP contribution in [-0.2, 0) is 22.6 Å². The van der Waals surface area contributed by atoms with E-state index in [-0.39, 0.29) is 18.3 Å². The number of hydrogen-bond acceptors (Lipinski definition) is 4. The van der Waals surface area contributed by atoms with Crippen LogP contribution in [0.2, 0.25) is 0 Å². The summed E-state index contributed by atoms with van der Waals surface area (Å²) in [6.07, 6.45) is 1.65. The summed E-state index contributed by atoms with van der Waals surface area (Å²) >= 11 is 0. The van der Waals surface area contributed by atoms with Gasteiger partial charge in [0.15, 0.2) is 0 Å². The van der Waals surface area contributed by atoms with Gasteiger partial charge >= 0.3 is 0 Å². The summed E-state index contributed by atoms with van der Waals surface area (Å²) in [5.41, 5.74) is 8.20. The van der Waals surface area contributed by atoms with Gasteiger partial charge in [0, 0.05) is 26.2 Å². The fourth-order valence-corrected chi connectivity index (χ4v) is 2.62. The van der Waals surface area contributed by atoms with Crippen molar-refractivity contribution in [2.24, 2.45) is 5.73 Å². The molecule has 1 aromatic carbocycles. The molecule has 0 aliphatic carbocycles. The molecular formula is C17H28ClN3O2. The highest BCUT2D eigenvalue weighted by Crippen LogP contribution is 2.10. The second kappa shape index (κ2) is 10.6. The fraction of sp³-hybridized carbons (Fsp3) is 0.588. The largest absolute Gasteiger partial charge is 0.379 e. The normalized spacial score (nSPS) is 16.4. The molecule has 1 heterocycles. The maximum Gasteiger partial charge on any atom is 0.237 e. The monoisotopic (exact) mass is 341 g/mol. The lowest BCUT2D eigenvalue weighted by Gasteiger charge is -2.26. The Bertz CT molecular complexity index is 479. The molecule has 1 unspecified atom stereocenters. The molecular weight excluding hydrogens is 314 g/mol. The van der Waals surface area contributed by atoms with Gasteiger partial charge in [-0.2, -0.15) is 0 Å². The second-order valence-corrected chi connectivity index (χ2v) is 5.82. The molecule has 0 aromatic heterocycles. The van der Waals surface area contributed by atoms with E-state index in [2.05, 4.69) is 22.3 Å². The molecule has 1 aromatic rings. The van der Waals surface area contributed by atoms with E-state index in [9.17, 15) is 4.79 Å². The third kappa shape index (κ3) is 6.87. The Labute approximate surface area is 145 Å². The van der Waals surface area contributed by atoms with Crippen molar-refractivity contribution in [3.05, 3.63) is 35.4 Å². The Kier molecular flexibility index (Phi) is 9.17. The fourth-order valence-electron chi connectivity index (χ4n) is 2.62. The van der Waals surface area contributed by atoms with E-state index in [0.29, 0.717) is 6.54 Å². The number of amides is 1. The summed E-state index contributed by atoms with van der Waals surface area (Å²) in [6, 6.07) is 7.96. The molecule has 0 bridgehead atoms. The SMILES string of the molecule is CCCC(N)C(=O)NCc1cccc(CN2CCOCC2)c1.Cl. The molecule has 23 heavy (non-hydrogen) atoms. The second-order valence-electron chi connectivity index (χ2n) is 5.82. The molecule has 1 amide bonds. The minimum absolute atomic E-state index is 0. The van der Waals surface area contributed by atoms with Gasteiger partial charge in [0.25, 0.3) is 0 Å². The van der Waals surface area contributed by atoms with Crippen molar-refractivity contribution in [3.8, 4) is 0 Å². The molecule has 0 radical (unpaired) electrons. The van der Waals surface area contributed by atoms with Crippen LogP contribution < -0.4 is 11.1 Å². The van der Waals surface area contributed by atoms with Gasteiger partial charge in [0.1, 0.15) is 0 Å². The van der Waals surface area contributed by atoms with Crippen LogP contribution in [0.1, 0.15) is 30.9 Å².